The highest BCUT2D eigenvalue weighted by molar-refractivity contribution is 5.57. The molecule has 1 aliphatic carbocycles. The molecule has 1 fully saturated rings. The van der Waals surface area contributed by atoms with Gasteiger partial charge in [0.05, 0.1) is 6.61 Å². The van der Waals surface area contributed by atoms with Crippen LogP contribution in [0.2, 0.25) is 0 Å². The average molecular weight is 264 g/mol. The largest absolute Gasteiger partial charge is 0.383 e. The third kappa shape index (κ3) is 3.35. The predicted octanol–water partition coefficient (Wildman–Crippen LogP) is 1.93. The highest BCUT2D eigenvalue weighted by atomic mass is 16.5. The van der Waals surface area contributed by atoms with Crippen LogP contribution in [0.15, 0.2) is 0 Å². The molecule has 1 aliphatic rings. The van der Waals surface area contributed by atoms with Gasteiger partial charge in [0.15, 0.2) is 0 Å². The van der Waals surface area contributed by atoms with Gasteiger partial charge in [0.2, 0.25) is 0 Å². The molecule has 5 heteroatoms. The van der Waals surface area contributed by atoms with E-state index in [1.54, 1.807) is 7.11 Å². The second-order valence-electron chi connectivity index (χ2n) is 5.14. The third-order valence-corrected chi connectivity index (χ3v) is 3.47. The van der Waals surface area contributed by atoms with E-state index in [0.717, 1.165) is 36.6 Å². The molecule has 0 bridgehead atoms. The number of nitrogens with zero attached hydrogens (tertiary/aromatic N) is 3. The first-order valence-electron chi connectivity index (χ1n) is 7.06. The Morgan fingerprint density at radius 1 is 1.37 bits per heavy atom. The molecular weight excluding hydrogens is 240 g/mol. The van der Waals surface area contributed by atoms with E-state index in [-0.39, 0.29) is 0 Å². The standard InChI is InChI=1S/C14H24N4O/c1-4-5-12-16-13(15)10(2)14(17-12)18(8-9-19-3)11-6-7-11/h11H,4-9H2,1-3H3,(H2,15,16,17). The van der Waals surface area contributed by atoms with Crippen LogP contribution in [0.25, 0.3) is 0 Å². The predicted molar refractivity (Wildman–Crippen MR) is 77.4 cm³/mol. The Morgan fingerprint density at radius 3 is 2.68 bits per heavy atom. The van der Waals surface area contributed by atoms with E-state index in [9.17, 15) is 0 Å². The van der Waals surface area contributed by atoms with E-state index in [1.165, 1.54) is 12.8 Å². The SMILES string of the molecule is CCCc1nc(N)c(C)c(N(CCOC)C2CC2)n1. The van der Waals surface area contributed by atoms with Crippen LogP contribution in [0.4, 0.5) is 11.6 Å². The number of hydrogen-bond acceptors (Lipinski definition) is 5. The van der Waals surface area contributed by atoms with Gasteiger partial charge in [-0.25, -0.2) is 9.97 Å². The summed E-state index contributed by atoms with van der Waals surface area (Å²) in [6.07, 6.45) is 4.37. The van der Waals surface area contributed by atoms with Crippen molar-refractivity contribution in [1.82, 2.24) is 9.97 Å². The minimum absolute atomic E-state index is 0.595. The molecule has 0 spiro atoms. The molecule has 0 unspecified atom stereocenters. The van der Waals surface area contributed by atoms with Crippen LogP contribution in [-0.2, 0) is 11.2 Å². The molecule has 0 aliphatic heterocycles. The first kappa shape index (κ1) is 14.1. The average Bonchev–Trinajstić information content (AvgIpc) is 3.20. The van der Waals surface area contributed by atoms with Gasteiger partial charge in [-0.15, -0.1) is 0 Å². The molecule has 0 atom stereocenters. The summed E-state index contributed by atoms with van der Waals surface area (Å²) in [6.45, 7) is 5.71. The fourth-order valence-corrected chi connectivity index (χ4v) is 2.22. The summed E-state index contributed by atoms with van der Waals surface area (Å²) in [6, 6.07) is 0.595. The number of aromatic nitrogens is 2. The van der Waals surface area contributed by atoms with E-state index >= 15 is 0 Å². The van der Waals surface area contributed by atoms with Crippen molar-refractivity contribution in [2.45, 2.75) is 45.6 Å². The quantitative estimate of drug-likeness (QED) is 0.815. The van der Waals surface area contributed by atoms with Crippen LogP contribution >= 0.6 is 0 Å². The second-order valence-corrected chi connectivity index (χ2v) is 5.14. The minimum atomic E-state index is 0.595. The molecular formula is C14H24N4O. The third-order valence-electron chi connectivity index (χ3n) is 3.47. The first-order valence-corrected chi connectivity index (χ1v) is 7.06. The number of methoxy groups -OCH3 is 1. The molecule has 2 N–H and O–H groups in total. The molecule has 1 heterocycles. The van der Waals surface area contributed by atoms with Crippen LogP contribution in [0.3, 0.4) is 0 Å². The smallest absolute Gasteiger partial charge is 0.137 e. The molecule has 0 saturated heterocycles. The van der Waals surface area contributed by atoms with Crippen molar-refractivity contribution in [3.05, 3.63) is 11.4 Å². The van der Waals surface area contributed by atoms with Crippen molar-refractivity contribution in [2.24, 2.45) is 0 Å². The molecule has 0 aromatic carbocycles. The van der Waals surface area contributed by atoms with Gasteiger partial charge in [-0.2, -0.15) is 0 Å². The van der Waals surface area contributed by atoms with Crippen molar-refractivity contribution in [3.8, 4) is 0 Å². The molecule has 106 valence electrons. The summed E-state index contributed by atoms with van der Waals surface area (Å²) < 4.78 is 5.20. The van der Waals surface area contributed by atoms with E-state index in [0.29, 0.717) is 18.5 Å². The summed E-state index contributed by atoms with van der Waals surface area (Å²) >= 11 is 0. The van der Waals surface area contributed by atoms with Crippen molar-refractivity contribution in [2.75, 3.05) is 30.9 Å². The van der Waals surface area contributed by atoms with Gasteiger partial charge >= 0.3 is 0 Å². The second kappa shape index (κ2) is 6.19. The topological polar surface area (TPSA) is 64.3 Å². The fourth-order valence-electron chi connectivity index (χ4n) is 2.22. The van der Waals surface area contributed by atoms with Gasteiger partial charge in [0.25, 0.3) is 0 Å². The van der Waals surface area contributed by atoms with Crippen LogP contribution in [0.1, 0.15) is 37.6 Å². The molecule has 1 aromatic heterocycles. The number of ether oxygens (including phenoxy) is 1. The Hall–Kier alpha value is -1.36. The van der Waals surface area contributed by atoms with Crippen molar-refractivity contribution in [3.63, 3.8) is 0 Å². The van der Waals surface area contributed by atoms with Crippen molar-refractivity contribution >= 4 is 11.6 Å². The maximum absolute atomic E-state index is 6.03. The van der Waals surface area contributed by atoms with Gasteiger partial charge in [-0.1, -0.05) is 6.92 Å². The summed E-state index contributed by atoms with van der Waals surface area (Å²) in [5.74, 6) is 2.45. The first-order chi connectivity index (χ1) is 9.17. The number of nitrogen functional groups attached to an aromatic ring is 1. The van der Waals surface area contributed by atoms with Gasteiger partial charge < -0.3 is 15.4 Å². The highest BCUT2D eigenvalue weighted by Crippen LogP contribution is 2.33. The number of anilines is 2. The number of rotatable bonds is 7. The molecule has 5 nitrogen and oxygen atoms in total. The molecule has 19 heavy (non-hydrogen) atoms. The zero-order valence-corrected chi connectivity index (χ0v) is 12.1. The molecule has 1 saturated carbocycles. The lowest BCUT2D eigenvalue weighted by molar-refractivity contribution is 0.204. The van der Waals surface area contributed by atoms with Crippen LogP contribution in [0, 0.1) is 6.92 Å². The maximum atomic E-state index is 6.03. The summed E-state index contributed by atoms with van der Waals surface area (Å²) in [4.78, 5) is 11.4. The van der Waals surface area contributed by atoms with Gasteiger partial charge in [0.1, 0.15) is 17.5 Å². The molecule has 0 radical (unpaired) electrons. The Balaban J connectivity index is 2.28. The zero-order chi connectivity index (χ0) is 13.8. The lowest BCUT2D eigenvalue weighted by Gasteiger charge is -2.25. The van der Waals surface area contributed by atoms with Gasteiger partial charge in [-0.05, 0) is 26.2 Å². The molecule has 2 rings (SSSR count). The van der Waals surface area contributed by atoms with Crippen molar-refractivity contribution in [1.29, 1.82) is 0 Å². The Morgan fingerprint density at radius 2 is 2.11 bits per heavy atom. The van der Waals surface area contributed by atoms with Crippen LogP contribution in [0.5, 0.6) is 0 Å². The van der Waals surface area contributed by atoms with Gasteiger partial charge in [0, 0.05) is 31.7 Å². The normalized spacial score (nSPS) is 14.7. The van der Waals surface area contributed by atoms with E-state index in [1.807, 2.05) is 6.92 Å². The van der Waals surface area contributed by atoms with Crippen molar-refractivity contribution < 1.29 is 4.74 Å². The van der Waals surface area contributed by atoms with Crippen LogP contribution in [-0.4, -0.2) is 36.3 Å². The van der Waals surface area contributed by atoms with E-state index in [2.05, 4.69) is 16.8 Å². The summed E-state index contributed by atoms with van der Waals surface area (Å²) in [5, 5.41) is 0. The Labute approximate surface area is 115 Å². The van der Waals surface area contributed by atoms with Crippen LogP contribution < -0.4 is 10.6 Å². The van der Waals surface area contributed by atoms with E-state index < -0.39 is 0 Å². The number of hydrogen-bond donors (Lipinski definition) is 1. The zero-order valence-electron chi connectivity index (χ0n) is 12.1. The maximum Gasteiger partial charge on any atom is 0.137 e. The summed E-state index contributed by atoms with van der Waals surface area (Å²) in [5.41, 5.74) is 7.02. The van der Waals surface area contributed by atoms with Gasteiger partial charge in [-0.3, -0.25) is 0 Å². The molecule has 1 aromatic rings. The number of nitrogens with two attached hydrogens (primary N) is 1. The summed E-state index contributed by atoms with van der Waals surface area (Å²) in [7, 11) is 1.73. The Bertz CT molecular complexity index is 432. The van der Waals surface area contributed by atoms with E-state index in [4.69, 9.17) is 15.5 Å². The lowest BCUT2D eigenvalue weighted by atomic mass is 10.2. The minimum Gasteiger partial charge on any atom is -0.383 e. The Kier molecular flexibility index (Phi) is 4.58. The number of aryl methyl sites for hydroxylation is 1. The fraction of sp³-hybridized carbons (Fsp3) is 0.714. The molecule has 0 amide bonds. The lowest BCUT2D eigenvalue weighted by Crippen LogP contribution is -2.31. The monoisotopic (exact) mass is 264 g/mol. The highest BCUT2D eigenvalue weighted by Gasteiger charge is 2.31.